The van der Waals surface area contributed by atoms with Crippen molar-refractivity contribution < 1.29 is 9.50 Å². The molecule has 0 radical (unpaired) electrons. The van der Waals surface area contributed by atoms with Crippen LogP contribution in [-0.4, -0.2) is 116 Å². The van der Waals surface area contributed by atoms with Gasteiger partial charge in [-0.05, 0) is 189 Å². The Morgan fingerprint density at radius 3 is 1.56 bits per heavy atom. The Hall–Kier alpha value is -17.1. The summed E-state index contributed by atoms with van der Waals surface area (Å²) in [5.74, 6) is 0.932. The van der Waals surface area contributed by atoms with Gasteiger partial charge in [-0.2, -0.15) is 19.7 Å². The third-order valence-electron chi connectivity index (χ3n) is 23.6. The van der Waals surface area contributed by atoms with Crippen molar-refractivity contribution in [2.24, 2.45) is 5.73 Å². The van der Waals surface area contributed by atoms with Crippen molar-refractivity contribution in [3.05, 3.63) is 352 Å². The molecule has 0 aliphatic rings. The van der Waals surface area contributed by atoms with E-state index in [1.165, 1.54) is 60.3 Å². The minimum absolute atomic E-state index is 0.0635. The highest BCUT2D eigenvalue weighted by atomic mass is 32.1. The number of phenols is 1. The van der Waals surface area contributed by atoms with Crippen LogP contribution in [0.25, 0.3) is 132 Å². The molecule has 0 atom stereocenters. The van der Waals surface area contributed by atoms with Crippen LogP contribution in [0, 0.1) is 61.2 Å². The van der Waals surface area contributed by atoms with Crippen LogP contribution in [-0.2, 0) is 32.7 Å². The number of aromatic hydroxyl groups is 1. The number of imidazole rings is 1. The highest BCUT2D eigenvalue weighted by Gasteiger charge is 2.27. The number of thiophene rings is 1. The van der Waals surface area contributed by atoms with Crippen LogP contribution in [0.3, 0.4) is 0 Å². The monoisotopic (exact) mass is 1810 g/mol. The number of nitrogen functional groups attached to an aromatic ring is 4. The molecule has 0 aliphatic heterocycles. The van der Waals surface area contributed by atoms with Crippen molar-refractivity contribution in [2.75, 3.05) is 22.9 Å². The van der Waals surface area contributed by atoms with Gasteiger partial charge in [0.15, 0.2) is 28.4 Å². The number of pyridine rings is 4. The van der Waals surface area contributed by atoms with E-state index in [4.69, 9.17) is 43.8 Å². The minimum atomic E-state index is -0.618. The lowest BCUT2D eigenvalue weighted by Gasteiger charge is -2.17. The van der Waals surface area contributed by atoms with Crippen LogP contribution < -0.4 is 50.9 Å². The number of nitrogens with zero attached hydrogens (tertiary/aromatic N) is 23. The van der Waals surface area contributed by atoms with E-state index in [0.29, 0.717) is 143 Å². The van der Waals surface area contributed by atoms with Crippen LogP contribution in [0.1, 0.15) is 73.1 Å². The first-order valence-electron chi connectivity index (χ1n) is 42.3. The van der Waals surface area contributed by atoms with Gasteiger partial charge in [0.1, 0.15) is 88.4 Å². The molecule has 22 aromatic rings. The molecule has 0 fully saturated rings. The molecule has 0 bridgehead atoms. The van der Waals surface area contributed by atoms with E-state index in [2.05, 4.69) is 65.4 Å². The number of aromatic nitrogens is 23. The first kappa shape index (κ1) is 86.3. The zero-order valence-corrected chi connectivity index (χ0v) is 75.1. The third-order valence-corrected chi connectivity index (χ3v) is 25.4. The number of phenolic OH excluding ortho intramolecular Hbond substituents is 1. The summed E-state index contributed by atoms with van der Waals surface area (Å²) in [6.45, 7) is 17.1. The maximum absolute atomic E-state index is 14.1. The molecule has 15 aromatic heterocycles. The van der Waals surface area contributed by atoms with E-state index in [0.717, 1.165) is 105 Å². The maximum atomic E-state index is 14.1. The van der Waals surface area contributed by atoms with E-state index in [1.54, 1.807) is 51.0 Å². The van der Waals surface area contributed by atoms with E-state index in [1.807, 2.05) is 223 Å². The number of hydrogen-bond acceptors (Lipinski definition) is 27. The van der Waals surface area contributed by atoms with Gasteiger partial charge in [0.2, 0.25) is 0 Å². The predicted molar refractivity (Wildman–Crippen MR) is 521 cm³/mol. The van der Waals surface area contributed by atoms with Crippen LogP contribution >= 0.6 is 22.9 Å². The SMILES string of the molecule is Cc1ccccc1-n1c(Cn2cnc3c(N)ncnc32)cc2nccc(C)c2c1=O.Cc1ccccc1-n1c(Cn2nc(-c3cc(O)cc(F)c3)c3c(N)ncnc32)cc2snc(C)c2c1=O.Cc1ccccc1-n1c(Cn2nc(-c3cccc(CN)c3)c3c(N)ncnc32)cc2cccc(C)c2c1=O.Cc1ccccc1-n1c(Cn2ncc3c(N)ncnc32)nc2scc(C)c2c1=O. The molecule has 0 unspecified atom stereocenters. The lowest BCUT2D eigenvalue weighted by molar-refractivity contribution is 0.469. The summed E-state index contributed by atoms with van der Waals surface area (Å²) in [6.07, 6.45) is 10.6. The Kier molecular flexibility index (Phi) is 22.8. The molecule has 0 spiro atoms. The summed E-state index contributed by atoms with van der Waals surface area (Å²) >= 11 is 2.73. The van der Waals surface area contributed by atoms with Crippen molar-refractivity contribution in [3.8, 4) is 51.0 Å². The lowest BCUT2D eigenvalue weighted by atomic mass is 10.1. The molecule has 36 heteroatoms. The second kappa shape index (κ2) is 35.4. The highest BCUT2D eigenvalue weighted by molar-refractivity contribution is 7.17. The number of halogens is 1. The van der Waals surface area contributed by atoms with Gasteiger partial charge in [0, 0.05) is 47.0 Å². The van der Waals surface area contributed by atoms with Gasteiger partial charge >= 0.3 is 0 Å². The fourth-order valence-electron chi connectivity index (χ4n) is 17.0. The van der Waals surface area contributed by atoms with Crippen LogP contribution in [0.4, 0.5) is 27.7 Å². The van der Waals surface area contributed by atoms with Crippen LogP contribution in [0.2, 0.25) is 0 Å². The van der Waals surface area contributed by atoms with Gasteiger partial charge < -0.3 is 38.3 Å². The van der Waals surface area contributed by atoms with Gasteiger partial charge in [-0.1, -0.05) is 109 Å². The summed E-state index contributed by atoms with van der Waals surface area (Å²) in [7, 11) is 0. The average Bonchev–Trinajstić information content (AvgIpc) is 1.69. The largest absolute Gasteiger partial charge is 0.508 e. The Morgan fingerprint density at radius 2 is 0.948 bits per heavy atom. The molecule has 0 saturated carbocycles. The molecule has 33 nitrogen and oxygen atoms in total. The van der Waals surface area contributed by atoms with E-state index < -0.39 is 5.82 Å². The number of fused-ring (bicyclic) bond motifs is 8. The van der Waals surface area contributed by atoms with Crippen molar-refractivity contribution in [2.45, 2.75) is 88.1 Å². The predicted octanol–water partition coefficient (Wildman–Crippen LogP) is 14.5. The summed E-state index contributed by atoms with van der Waals surface area (Å²) in [6, 6.07) is 56.4. The second-order valence-corrected chi connectivity index (χ2v) is 34.0. The zero-order chi connectivity index (χ0) is 93.2. The quantitative estimate of drug-likeness (QED) is 0.0555. The smallest absolute Gasteiger partial charge is 0.267 e. The van der Waals surface area contributed by atoms with Crippen molar-refractivity contribution >= 4 is 132 Å². The molecular formula is C98H83FN28O5S2. The molecule has 11 N–H and O–H groups in total. The Bertz CT molecular complexity index is 8720. The third kappa shape index (κ3) is 15.8. The summed E-state index contributed by atoms with van der Waals surface area (Å²) in [5, 5.41) is 31.2. The molecule has 15 heterocycles. The summed E-state index contributed by atoms with van der Waals surface area (Å²) < 4.78 is 33.1. The van der Waals surface area contributed by atoms with Gasteiger partial charge in [0.25, 0.3) is 22.2 Å². The Morgan fingerprint density at radius 1 is 0.425 bits per heavy atom. The van der Waals surface area contributed by atoms with Gasteiger partial charge in [0.05, 0.1) is 109 Å². The molecule has 664 valence electrons. The van der Waals surface area contributed by atoms with E-state index in [9.17, 15) is 28.7 Å². The number of rotatable bonds is 15. The molecule has 22 rings (SSSR count). The van der Waals surface area contributed by atoms with Gasteiger partial charge in [-0.15, -0.1) is 11.3 Å². The number of hydrogen-bond donors (Lipinski definition) is 6. The number of aryl methyl sites for hydroxylation is 8. The zero-order valence-electron chi connectivity index (χ0n) is 73.4. The van der Waals surface area contributed by atoms with Crippen LogP contribution in [0.15, 0.2) is 251 Å². The van der Waals surface area contributed by atoms with Crippen molar-refractivity contribution in [1.82, 2.24) is 111 Å². The minimum Gasteiger partial charge on any atom is -0.508 e. The number of para-hydroxylation sites is 4. The highest BCUT2D eigenvalue weighted by Crippen LogP contribution is 2.37. The Labute approximate surface area is 768 Å². The molecule has 0 saturated heterocycles. The lowest BCUT2D eigenvalue weighted by Crippen LogP contribution is -2.26. The van der Waals surface area contributed by atoms with E-state index >= 15 is 0 Å². The molecule has 7 aromatic carbocycles. The fraction of sp³-hybridized carbons (Fsp3) is 0.133. The number of benzene rings is 7. The molecule has 0 aliphatic carbocycles. The number of nitrogens with two attached hydrogens (primary N) is 5. The normalized spacial score (nSPS) is 11.5. The summed E-state index contributed by atoms with van der Waals surface area (Å²) in [5.41, 5.74) is 49.3. The molecule has 134 heavy (non-hydrogen) atoms. The van der Waals surface area contributed by atoms with Crippen molar-refractivity contribution in [1.29, 1.82) is 0 Å². The van der Waals surface area contributed by atoms with Crippen LogP contribution in [0.5, 0.6) is 5.75 Å². The fourth-order valence-corrected chi connectivity index (χ4v) is 18.8. The first-order chi connectivity index (χ1) is 64.9. The Balaban J connectivity index is 0.000000116. The number of anilines is 4. The van der Waals surface area contributed by atoms with Gasteiger partial charge in [-0.25, -0.2) is 68.3 Å². The first-order valence-corrected chi connectivity index (χ1v) is 44.0. The average molecular weight is 1820 g/mol. The topological polar surface area (TPSA) is 451 Å². The molecule has 0 amide bonds. The van der Waals surface area contributed by atoms with Crippen molar-refractivity contribution in [3.63, 3.8) is 0 Å². The molecular weight excluding hydrogens is 1730 g/mol. The van der Waals surface area contributed by atoms with Gasteiger partial charge in [-0.3, -0.25) is 42.4 Å². The van der Waals surface area contributed by atoms with E-state index in [-0.39, 0.29) is 46.9 Å². The maximum Gasteiger partial charge on any atom is 0.267 e. The second-order valence-electron chi connectivity index (χ2n) is 32.3. The standard InChI is InChI=1S/C30H27N7O.C26H20FN7O2S.C22H19N7O.C20H17N7OS/c1-18-7-3-4-12-24(18)37-23(14-21-10-5-8-19(2)25(21)30(37)38)16-36-29-26(28(32)33-17-34-29)27(35-36)22-11-6-9-20(13-22)15-31;1-13-5-3-4-6-19(13)34-17(10-20-21(26(34)36)14(2)32-37-20)11-33-25-22(24(28)29-12-30-25)23(31-33)15-7-16(27)9-18(35)8-15;1-13-5-3-4-6-17(13)29-15(9-16-18(22(29)30)14(2)7-8-24-16)10-28-12-27-19-20(23)25-11-26-21(19)28;1-11-5-3-4-6-14(11)27-15(25-19-16(20(27)28)12(2)9-29-19)8-26-18-13(7-24-26)17(21)22-10-23-18/h3-14,17H,15-16,31H2,1-2H3,(H2,32,33,34);3-10,12,35H,11H2,1-2H3,(H2,28,29,30);3-9,11-12H,10H2,1-2H3,(H2,23,25,26);3-7,9-10H,8H2,1-2H3,(H2,21,22,23). The summed E-state index contributed by atoms with van der Waals surface area (Å²) in [4.78, 5) is 103.